The van der Waals surface area contributed by atoms with Gasteiger partial charge in [0.25, 0.3) is 0 Å². The van der Waals surface area contributed by atoms with E-state index in [0.29, 0.717) is 5.25 Å². The summed E-state index contributed by atoms with van der Waals surface area (Å²) < 4.78 is 1.08. The fourth-order valence-corrected chi connectivity index (χ4v) is 3.12. The molecule has 0 aliphatic heterocycles. The fourth-order valence-electron chi connectivity index (χ4n) is 1.02. The minimum absolute atomic E-state index is 0.564. The summed E-state index contributed by atoms with van der Waals surface area (Å²) >= 11 is 3.47. The van der Waals surface area contributed by atoms with Crippen LogP contribution in [0.4, 0.5) is 0 Å². The zero-order chi connectivity index (χ0) is 10.4. The highest BCUT2D eigenvalue weighted by molar-refractivity contribution is 8.01. The molecule has 0 aliphatic rings. The highest BCUT2D eigenvalue weighted by Gasteiger charge is 2.07. The van der Waals surface area contributed by atoms with Crippen molar-refractivity contribution in [2.24, 2.45) is 0 Å². The van der Waals surface area contributed by atoms with E-state index in [1.54, 1.807) is 23.1 Å². The number of nitrogens with zero attached hydrogens (tertiary/aromatic N) is 2. The van der Waals surface area contributed by atoms with Crippen molar-refractivity contribution < 1.29 is 0 Å². The van der Waals surface area contributed by atoms with Gasteiger partial charge in [0, 0.05) is 11.8 Å². The first-order valence-corrected chi connectivity index (χ1v) is 6.59. The van der Waals surface area contributed by atoms with Gasteiger partial charge in [0.05, 0.1) is 0 Å². The normalized spacial score (nSPS) is 13.1. The number of thioether (sulfide) groups is 1. The average Bonchev–Trinajstić information content (AvgIpc) is 2.52. The van der Waals surface area contributed by atoms with Crippen molar-refractivity contribution in [3.63, 3.8) is 0 Å². The van der Waals surface area contributed by atoms with Gasteiger partial charge in [-0.3, -0.25) is 0 Å². The monoisotopic (exact) mass is 231 g/mol. The zero-order valence-electron chi connectivity index (χ0n) is 8.91. The second kappa shape index (κ2) is 6.37. The van der Waals surface area contributed by atoms with Crippen LogP contribution in [0.15, 0.2) is 4.34 Å². The second-order valence-corrected chi connectivity index (χ2v) is 6.09. The maximum Gasteiger partial charge on any atom is 0.174 e. The van der Waals surface area contributed by atoms with Gasteiger partial charge in [-0.1, -0.05) is 36.9 Å². The van der Waals surface area contributed by atoms with Crippen molar-refractivity contribution in [2.75, 3.05) is 13.1 Å². The van der Waals surface area contributed by atoms with Crippen LogP contribution < -0.4 is 5.32 Å². The van der Waals surface area contributed by atoms with Crippen LogP contribution in [0.3, 0.4) is 0 Å². The summed E-state index contributed by atoms with van der Waals surface area (Å²) in [5.41, 5.74) is 0. The molecule has 80 valence electrons. The molecule has 0 amide bonds. The van der Waals surface area contributed by atoms with Gasteiger partial charge in [0.15, 0.2) is 4.34 Å². The van der Waals surface area contributed by atoms with Gasteiger partial charge < -0.3 is 5.32 Å². The lowest BCUT2D eigenvalue weighted by Gasteiger charge is -2.08. The number of aromatic nitrogens is 2. The van der Waals surface area contributed by atoms with Gasteiger partial charge in [0.2, 0.25) is 0 Å². The van der Waals surface area contributed by atoms with E-state index in [4.69, 9.17) is 0 Å². The molecule has 1 aromatic rings. The van der Waals surface area contributed by atoms with Crippen LogP contribution in [0.2, 0.25) is 0 Å². The van der Waals surface area contributed by atoms with E-state index >= 15 is 0 Å². The molecule has 1 unspecified atom stereocenters. The number of rotatable bonds is 6. The van der Waals surface area contributed by atoms with E-state index < -0.39 is 0 Å². The van der Waals surface area contributed by atoms with Gasteiger partial charge in [-0.15, -0.1) is 10.2 Å². The molecule has 14 heavy (non-hydrogen) atoms. The van der Waals surface area contributed by atoms with E-state index in [0.717, 1.165) is 22.4 Å². The maximum absolute atomic E-state index is 4.09. The topological polar surface area (TPSA) is 37.8 Å². The van der Waals surface area contributed by atoms with Gasteiger partial charge in [-0.25, -0.2) is 0 Å². The lowest BCUT2D eigenvalue weighted by Crippen LogP contribution is -2.23. The van der Waals surface area contributed by atoms with Crippen LogP contribution in [0, 0.1) is 6.92 Å². The zero-order valence-corrected chi connectivity index (χ0v) is 10.5. The van der Waals surface area contributed by atoms with Gasteiger partial charge in [-0.2, -0.15) is 0 Å². The number of aryl methyl sites for hydroxylation is 1. The van der Waals surface area contributed by atoms with Crippen LogP contribution in [-0.2, 0) is 0 Å². The second-order valence-electron chi connectivity index (χ2n) is 3.22. The van der Waals surface area contributed by atoms with Gasteiger partial charge >= 0.3 is 0 Å². The van der Waals surface area contributed by atoms with E-state index in [9.17, 15) is 0 Å². The fraction of sp³-hybridized carbons (Fsp3) is 0.778. The van der Waals surface area contributed by atoms with Crippen molar-refractivity contribution in [2.45, 2.75) is 36.8 Å². The molecule has 1 aromatic heterocycles. The SMILES string of the molecule is CCCNCC(C)Sc1nnc(C)s1. The molecule has 0 radical (unpaired) electrons. The summed E-state index contributed by atoms with van der Waals surface area (Å²) in [5, 5.41) is 13.1. The quantitative estimate of drug-likeness (QED) is 0.602. The molecule has 0 saturated carbocycles. The van der Waals surface area contributed by atoms with Crippen LogP contribution in [0.25, 0.3) is 0 Å². The highest BCUT2D eigenvalue weighted by Crippen LogP contribution is 2.25. The first-order chi connectivity index (χ1) is 6.72. The summed E-state index contributed by atoms with van der Waals surface area (Å²) in [6.07, 6.45) is 1.19. The van der Waals surface area contributed by atoms with E-state index in [1.165, 1.54) is 6.42 Å². The summed E-state index contributed by atoms with van der Waals surface area (Å²) in [4.78, 5) is 0. The number of nitrogens with one attached hydrogen (secondary N) is 1. The summed E-state index contributed by atoms with van der Waals surface area (Å²) in [6.45, 7) is 8.52. The third kappa shape index (κ3) is 4.39. The molecule has 0 fully saturated rings. The molecule has 5 heteroatoms. The number of hydrogen-bond acceptors (Lipinski definition) is 5. The lowest BCUT2D eigenvalue weighted by atomic mass is 10.4. The molecule has 1 rings (SSSR count). The predicted molar refractivity (Wildman–Crippen MR) is 63.1 cm³/mol. The Balaban J connectivity index is 2.23. The van der Waals surface area contributed by atoms with E-state index in [-0.39, 0.29) is 0 Å². The molecule has 1 atom stereocenters. The summed E-state index contributed by atoms with van der Waals surface area (Å²) in [5.74, 6) is 0. The Bertz CT molecular complexity index is 262. The Kier molecular flexibility index (Phi) is 5.44. The molecule has 1 N–H and O–H groups in total. The Morgan fingerprint density at radius 3 is 2.86 bits per heavy atom. The van der Waals surface area contributed by atoms with E-state index in [2.05, 4.69) is 29.4 Å². The Morgan fingerprint density at radius 2 is 2.29 bits per heavy atom. The lowest BCUT2D eigenvalue weighted by molar-refractivity contribution is 0.669. The summed E-state index contributed by atoms with van der Waals surface area (Å²) in [6, 6.07) is 0. The standard InChI is InChI=1S/C9H17N3S2/c1-4-5-10-6-7(2)13-9-12-11-8(3)14-9/h7,10H,4-6H2,1-3H3. The highest BCUT2D eigenvalue weighted by atomic mass is 32.2. The molecular weight excluding hydrogens is 214 g/mol. The molecule has 3 nitrogen and oxygen atoms in total. The van der Waals surface area contributed by atoms with Crippen molar-refractivity contribution in [3.8, 4) is 0 Å². The van der Waals surface area contributed by atoms with Crippen molar-refractivity contribution in [3.05, 3.63) is 5.01 Å². The summed E-state index contributed by atoms with van der Waals surface area (Å²) in [7, 11) is 0. The number of hydrogen-bond donors (Lipinski definition) is 1. The minimum Gasteiger partial charge on any atom is -0.316 e. The van der Waals surface area contributed by atoms with Crippen molar-refractivity contribution >= 4 is 23.1 Å². The first-order valence-electron chi connectivity index (χ1n) is 4.90. The first kappa shape index (κ1) is 11.9. The third-order valence-electron chi connectivity index (χ3n) is 1.67. The molecule has 0 aliphatic carbocycles. The largest absolute Gasteiger partial charge is 0.316 e. The molecule has 0 bridgehead atoms. The van der Waals surface area contributed by atoms with Gasteiger partial charge in [0.1, 0.15) is 5.01 Å². The van der Waals surface area contributed by atoms with Crippen LogP contribution >= 0.6 is 23.1 Å². The molecule has 0 aromatic carbocycles. The minimum atomic E-state index is 0.564. The molecule has 0 spiro atoms. The Hall–Kier alpha value is -0.130. The average molecular weight is 231 g/mol. The van der Waals surface area contributed by atoms with Crippen LogP contribution in [0.1, 0.15) is 25.3 Å². The van der Waals surface area contributed by atoms with Crippen LogP contribution in [0.5, 0.6) is 0 Å². The van der Waals surface area contributed by atoms with Crippen molar-refractivity contribution in [1.82, 2.24) is 15.5 Å². The molecule has 0 saturated heterocycles. The predicted octanol–water partition coefficient (Wildman–Crippen LogP) is 2.33. The molecule has 1 heterocycles. The smallest absolute Gasteiger partial charge is 0.174 e. The third-order valence-corrected chi connectivity index (χ3v) is 3.69. The molecular formula is C9H17N3S2. The van der Waals surface area contributed by atoms with E-state index in [1.807, 2.05) is 6.92 Å². The maximum atomic E-state index is 4.09. The van der Waals surface area contributed by atoms with Crippen LogP contribution in [-0.4, -0.2) is 28.5 Å². The Labute approximate surface area is 93.7 Å². The van der Waals surface area contributed by atoms with Crippen molar-refractivity contribution in [1.29, 1.82) is 0 Å². The Morgan fingerprint density at radius 1 is 1.50 bits per heavy atom. The van der Waals surface area contributed by atoms with Gasteiger partial charge in [-0.05, 0) is 19.9 Å².